The van der Waals surface area contributed by atoms with Gasteiger partial charge in [-0.2, -0.15) is 4.68 Å². The van der Waals surface area contributed by atoms with Crippen LogP contribution in [0.25, 0.3) is 16.9 Å². The minimum absolute atomic E-state index is 0.104. The van der Waals surface area contributed by atoms with Crippen LogP contribution in [0.1, 0.15) is 18.4 Å². The molecule has 1 saturated heterocycles. The Morgan fingerprint density at radius 3 is 2.87 bits per heavy atom. The largest absolute Gasteiger partial charge is 0.469 e. The zero-order chi connectivity index (χ0) is 20.7. The summed E-state index contributed by atoms with van der Waals surface area (Å²) in [5, 5.41) is 11.0. The molecule has 2 atom stereocenters. The first-order valence-corrected chi connectivity index (χ1v) is 9.53. The molecule has 1 amide bonds. The van der Waals surface area contributed by atoms with Crippen molar-refractivity contribution in [2.45, 2.75) is 31.4 Å². The SMILES string of the molecule is COC(=O)CC[C@@H]1OC(=O)N2c3ccc(-c4ccc(-n5cnnn5)nc4)cc3C[C@@H]12. The zero-order valence-electron chi connectivity index (χ0n) is 16.1. The highest BCUT2D eigenvalue weighted by atomic mass is 16.6. The molecule has 10 heteroatoms. The molecule has 3 aromatic rings. The lowest BCUT2D eigenvalue weighted by atomic mass is 9.99. The number of tetrazole rings is 1. The Morgan fingerprint density at radius 1 is 1.27 bits per heavy atom. The fourth-order valence-electron chi connectivity index (χ4n) is 4.03. The third kappa shape index (κ3) is 3.06. The average Bonchev–Trinajstić information content (AvgIpc) is 3.49. The number of hydrogen-bond donors (Lipinski definition) is 0. The first-order chi connectivity index (χ1) is 14.6. The number of benzene rings is 1. The Hall–Kier alpha value is -3.82. The number of methoxy groups -OCH3 is 1. The second-order valence-corrected chi connectivity index (χ2v) is 7.18. The molecule has 5 rings (SSSR count). The van der Waals surface area contributed by atoms with E-state index >= 15 is 0 Å². The zero-order valence-corrected chi connectivity index (χ0v) is 16.1. The first kappa shape index (κ1) is 18.2. The summed E-state index contributed by atoms with van der Waals surface area (Å²) in [4.78, 5) is 30.0. The lowest BCUT2D eigenvalue weighted by molar-refractivity contribution is -0.141. The number of ether oxygens (including phenoxy) is 2. The van der Waals surface area contributed by atoms with Crippen molar-refractivity contribution >= 4 is 17.7 Å². The average molecular weight is 406 g/mol. The summed E-state index contributed by atoms with van der Waals surface area (Å²) in [5.74, 6) is 0.321. The molecule has 0 saturated carbocycles. The number of carbonyl (C=O) groups is 2. The number of aromatic nitrogens is 5. The molecule has 0 aliphatic carbocycles. The maximum atomic E-state index is 12.4. The standard InChI is InChI=1S/C20H18N6O4/c1-29-19(27)7-5-17-16-9-14-8-12(2-4-15(14)26(16)20(28)30-17)13-3-6-18(21-10-13)25-11-22-23-24-25/h2-4,6,8,10-11,16-17H,5,7,9H2,1H3/t16-,17-/m0/s1. The molecule has 0 unspecified atom stereocenters. The number of cyclic esters (lactones) is 1. The Kier molecular flexibility index (Phi) is 4.38. The highest BCUT2D eigenvalue weighted by Crippen LogP contribution is 2.41. The van der Waals surface area contributed by atoms with Crippen LogP contribution in [-0.2, 0) is 20.7 Å². The van der Waals surface area contributed by atoms with Crippen LogP contribution in [0.2, 0.25) is 0 Å². The lowest BCUT2D eigenvalue weighted by Gasteiger charge is -2.16. The van der Waals surface area contributed by atoms with Crippen LogP contribution in [0.3, 0.4) is 0 Å². The molecular formula is C20H18N6O4. The van der Waals surface area contributed by atoms with Crippen molar-refractivity contribution in [2.24, 2.45) is 0 Å². The molecule has 0 N–H and O–H groups in total. The maximum Gasteiger partial charge on any atom is 0.415 e. The summed E-state index contributed by atoms with van der Waals surface area (Å²) in [6.45, 7) is 0. The lowest BCUT2D eigenvalue weighted by Crippen LogP contribution is -2.33. The van der Waals surface area contributed by atoms with Gasteiger partial charge in [-0.05, 0) is 58.7 Å². The maximum absolute atomic E-state index is 12.4. The Bertz CT molecular complexity index is 1100. The predicted molar refractivity (Wildman–Crippen MR) is 104 cm³/mol. The summed E-state index contributed by atoms with van der Waals surface area (Å²) in [6.07, 6.45) is 3.90. The van der Waals surface area contributed by atoms with Crippen LogP contribution in [0.5, 0.6) is 0 Å². The summed E-state index contributed by atoms with van der Waals surface area (Å²) in [5.41, 5.74) is 3.88. The van der Waals surface area contributed by atoms with Crippen molar-refractivity contribution in [3.63, 3.8) is 0 Å². The van der Waals surface area contributed by atoms with E-state index in [0.717, 1.165) is 22.4 Å². The molecule has 152 valence electrons. The van der Waals surface area contributed by atoms with Gasteiger partial charge in [-0.3, -0.25) is 9.69 Å². The molecule has 2 aliphatic heterocycles. The Morgan fingerprint density at radius 2 is 2.13 bits per heavy atom. The molecule has 10 nitrogen and oxygen atoms in total. The molecule has 2 aliphatic rings. The van der Waals surface area contributed by atoms with Crippen molar-refractivity contribution in [2.75, 3.05) is 12.0 Å². The van der Waals surface area contributed by atoms with Gasteiger partial charge in [0.25, 0.3) is 0 Å². The van der Waals surface area contributed by atoms with Gasteiger partial charge in [0.05, 0.1) is 18.8 Å². The molecule has 1 aromatic carbocycles. The highest BCUT2D eigenvalue weighted by molar-refractivity contribution is 5.94. The van der Waals surface area contributed by atoms with Crippen molar-refractivity contribution in [3.8, 4) is 16.9 Å². The first-order valence-electron chi connectivity index (χ1n) is 9.53. The van der Waals surface area contributed by atoms with Crippen LogP contribution in [0, 0.1) is 0 Å². The van der Waals surface area contributed by atoms with Crippen LogP contribution in [0.4, 0.5) is 10.5 Å². The van der Waals surface area contributed by atoms with E-state index in [0.29, 0.717) is 18.7 Å². The second-order valence-electron chi connectivity index (χ2n) is 7.18. The van der Waals surface area contributed by atoms with Crippen molar-refractivity contribution in [3.05, 3.63) is 48.4 Å². The van der Waals surface area contributed by atoms with Gasteiger partial charge in [0.15, 0.2) is 5.82 Å². The molecule has 0 bridgehead atoms. The van der Waals surface area contributed by atoms with E-state index in [1.807, 2.05) is 24.3 Å². The molecule has 0 spiro atoms. The van der Waals surface area contributed by atoms with Gasteiger partial charge < -0.3 is 9.47 Å². The summed E-state index contributed by atoms with van der Waals surface area (Å²) in [7, 11) is 1.35. The fourth-order valence-corrected chi connectivity index (χ4v) is 4.03. The van der Waals surface area contributed by atoms with E-state index in [-0.39, 0.29) is 30.6 Å². The van der Waals surface area contributed by atoms with Gasteiger partial charge in [0.2, 0.25) is 0 Å². The van der Waals surface area contributed by atoms with E-state index in [9.17, 15) is 9.59 Å². The second kappa shape index (κ2) is 7.21. The Balaban J connectivity index is 1.37. The summed E-state index contributed by atoms with van der Waals surface area (Å²) in [6, 6.07) is 9.67. The minimum Gasteiger partial charge on any atom is -0.469 e. The third-order valence-electron chi connectivity index (χ3n) is 5.50. The number of fused-ring (bicyclic) bond motifs is 3. The topological polar surface area (TPSA) is 112 Å². The number of esters is 1. The fraction of sp³-hybridized carbons (Fsp3) is 0.300. The van der Waals surface area contributed by atoms with Crippen molar-refractivity contribution < 1.29 is 19.1 Å². The quantitative estimate of drug-likeness (QED) is 0.591. The van der Waals surface area contributed by atoms with Crippen LogP contribution >= 0.6 is 0 Å². The Labute approximate surface area is 171 Å². The molecule has 30 heavy (non-hydrogen) atoms. The van der Waals surface area contributed by atoms with Gasteiger partial charge in [0.1, 0.15) is 12.4 Å². The smallest absolute Gasteiger partial charge is 0.415 e. The predicted octanol–water partition coefficient (Wildman–Crippen LogP) is 1.93. The van der Waals surface area contributed by atoms with Gasteiger partial charge in [-0.15, -0.1) is 5.10 Å². The third-order valence-corrected chi connectivity index (χ3v) is 5.50. The van der Waals surface area contributed by atoms with Crippen LogP contribution in [-0.4, -0.2) is 56.5 Å². The van der Waals surface area contributed by atoms with Gasteiger partial charge >= 0.3 is 12.1 Å². The van der Waals surface area contributed by atoms with E-state index in [4.69, 9.17) is 9.47 Å². The van der Waals surface area contributed by atoms with Gasteiger partial charge in [0, 0.05) is 18.2 Å². The molecule has 4 heterocycles. The number of pyridine rings is 1. The number of hydrogen-bond acceptors (Lipinski definition) is 8. The summed E-state index contributed by atoms with van der Waals surface area (Å²) < 4.78 is 11.7. The van der Waals surface area contributed by atoms with Crippen LogP contribution < -0.4 is 4.90 Å². The van der Waals surface area contributed by atoms with Crippen molar-refractivity contribution in [1.29, 1.82) is 0 Å². The number of rotatable bonds is 5. The molecule has 0 radical (unpaired) electrons. The molecular weight excluding hydrogens is 388 g/mol. The van der Waals surface area contributed by atoms with E-state index in [2.05, 4.69) is 26.6 Å². The van der Waals surface area contributed by atoms with Crippen LogP contribution in [0.15, 0.2) is 42.9 Å². The highest BCUT2D eigenvalue weighted by Gasteiger charge is 2.47. The monoisotopic (exact) mass is 406 g/mol. The molecule has 2 aromatic heterocycles. The van der Waals surface area contributed by atoms with Gasteiger partial charge in [-0.1, -0.05) is 6.07 Å². The number of carbonyl (C=O) groups excluding carboxylic acids is 2. The minimum atomic E-state index is -0.367. The normalized spacial score (nSPS) is 19.4. The number of nitrogens with zero attached hydrogens (tertiary/aromatic N) is 6. The molecule has 1 fully saturated rings. The van der Waals surface area contributed by atoms with E-state index in [1.54, 1.807) is 11.1 Å². The number of amides is 1. The van der Waals surface area contributed by atoms with E-state index < -0.39 is 0 Å². The summed E-state index contributed by atoms with van der Waals surface area (Å²) >= 11 is 0. The van der Waals surface area contributed by atoms with E-state index in [1.165, 1.54) is 18.1 Å². The van der Waals surface area contributed by atoms with Gasteiger partial charge in [-0.25, -0.2) is 9.78 Å². The van der Waals surface area contributed by atoms with Crippen molar-refractivity contribution in [1.82, 2.24) is 25.2 Å². The number of anilines is 1.